The van der Waals surface area contributed by atoms with Crippen molar-refractivity contribution in [2.24, 2.45) is 28.6 Å². The number of hydrogen-bond donors (Lipinski definition) is 1. The Kier molecular flexibility index (Phi) is 3.83. The van der Waals surface area contributed by atoms with Crippen LogP contribution in [0.2, 0.25) is 0 Å². The smallest absolute Gasteiger partial charge is 0.337 e. The van der Waals surface area contributed by atoms with Gasteiger partial charge in [0.25, 0.3) is 6.29 Å². The Bertz CT molecular complexity index is 792. The molecule has 4 rings (SSSR count). The zero-order chi connectivity index (χ0) is 19.7. The van der Waals surface area contributed by atoms with Gasteiger partial charge in [0.2, 0.25) is 0 Å². The van der Waals surface area contributed by atoms with Crippen molar-refractivity contribution in [3.05, 3.63) is 23.5 Å². The first-order chi connectivity index (χ1) is 12.6. The summed E-state index contributed by atoms with van der Waals surface area (Å²) >= 11 is 0. The van der Waals surface area contributed by atoms with Gasteiger partial charge in [-0.05, 0) is 30.6 Å². The molecule has 2 heterocycles. The van der Waals surface area contributed by atoms with Gasteiger partial charge in [-0.3, -0.25) is 4.79 Å². The third-order valence-electron chi connectivity index (χ3n) is 6.71. The molecular weight excluding hydrogens is 352 g/mol. The number of carbonyl (C=O) groups is 3. The predicted octanol–water partition coefficient (Wildman–Crippen LogP) is 1.50. The summed E-state index contributed by atoms with van der Waals surface area (Å²) in [5.74, 6) is -1.41. The van der Waals surface area contributed by atoms with Crippen LogP contribution in [-0.4, -0.2) is 41.8 Å². The molecule has 1 N–H and O–H groups in total. The van der Waals surface area contributed by atoms with Gasteiger partial charge >= 0.3 is 11.9 Å². The van der Waals surface area contributed by atoms with E-state index in [1.54, 1.807) is 6.92 Å². The number of cyclic esters (lactones) is 2. The second-order valence-corrected chi connectivity index (χ2v) is 8.90. The van der Waals surface area contributed by atoms with Crippen molar-refractivity contribution in [1.29, 1.82) is 0 Å². The lowest BCUT2D eigenvalue weighted by Crippen LogP contribution is -2.40. The Morgan fingerprint density at radius 1 is 1.22 bits per heavy atom. The molecule has 0 aromatic carbocycles. The molecular formula is C20H24O7. The Morgan fingerprint density at radius 2 is 1.93 bits per heavy atom. The molecule has 0 unspecified atom stereocenters. The Hall–Kier alpha value is -2.15. The Balaban J connectivity index is 1.58. The van der Waals surface area contributed by atoms with Gasteiger partial charge in [-0.25, -0.2) is 9.59 Å². The SMILES string of the molecule is CC1=C[C@H](O/C=C2/C(=O)OC[C@H]2[C@@H]2[C@@H]3C(C)(C)C[C@@H](O)C(=O)[C@]23C)OC1=O. The zero-order valence-electron chi connectivity index (χ0n) is 15.9. The first kappa shape index (κ1) is 18.2. The van der Waals surface area contributed by atoms with E-state index in [9.17, 15) is 19.5 Å². The number of Topliss-reactive ketones (excluding diaryl/α,β-unsaturated/α-hetero) is 1. The average Bonchev–Trinajstić information content (AvgIpc) is 2.89. The maximum Gasteiger partial charge on any atom is 0.337 e. The van der Waals surface area contributed by atoms with Crippen molar-refractivity contribution in [3.8, 4) is 0 Å². The van der Waals surface area contributed by atoms with E-state index in [1.165, 1.54) is 12.3 Å². The maximum absolute atomic E-state index is 12.7. The first-order valence-electron chi connectivity index (χ1n) is 9.22. The molecule has 2 saturated carbocycles. The van der Waals surface area contributed by atoms with Crippen molar-refractivity contribution < 1.29 is 33.7 Å². The number of aliphatic hydroxyl groups is 1. The molecule has 4 aliphatic rings. The van der Waals surface area contributed by atoms with Crippen molar-refractivity contribution in [2.45, 2.75) is 46.5 Å². The van der Waals surface area contributed by atoms with E-state index in [0.717, 1.165) is 0 Å². The maximum atomic E-state index is 12.7. The summed E-state index contributed by atoms with van der Waals surface area (Å²) in [6, 6.07) is 0. The standard InChI is InChI=1S/C20H24O7/c1-9-5-13(27-17(9)23)25-8-11-10(7-26-18(11)24)14-15-19(2,3)6-12(21)16(22)20(14,15)4/h5,8,10,12-15,21H,6-7H2,1-4H3/b11-8+/t10-,12-,13-,14-,15-,20-/m1/s1. The molecule has 0 bridgehead atoms. The van der Waals surface area contributed by atoms with E-state index in [4.69, 9.17) is 14.2 Å². The van der Waals surface area contributed by atoms with Crippen molar-refractivity contribution in [3.63, 3.8) is 0 Å². The predicted molar refractivity (Wildman–Crippen MR) is 91.8 cm³/mol. The number of hydrogen-bond acceptors (Lipinski definition) is 7. The molecule has 146 valence electrons. The van der Waals surface area contributed by atoms with Crippen LogP contribution in [0, 0.1) is 28.6 Å². The van der Waals surface area contributed by atoms with Crippen LogP contribution in [0.15, 0.2) is 23.5 Å². The van der Waals surface area contributed by atoms with Crippen molar-refractivity contribution in [2.75, 3.05) is 6.61 Å². The largest absolute Gasteiger partial charge is 0.462 e. The molecule has 0 spiro atoms. The molecule has 2 aliphatic carbocycles. The first-order valence-corrected chi connectivity index (χ1v) is 9.22. The van der Waals surface area contributed by atoms with E-state index in [2.05, 4.69) is 13.8 Å². The molecule has 7 heteroatoms. The molecule has 2 aliphatic heterocycles. The summed E-state index contributed by atoms with van der Waals surface area (Å²) in [4.78, 5) is 36.4. The molecule has 6 atom stereocenters. The molecule has 27 heavy (non-hydrogen) atoms. The Morgan fingerprint density at radius 3 is 2.56 bits per heavy atom. The zero-order valence-corrected chi connectivity index (χ0v) is 15.9. The molecule has 7 nitrogen and oxygen atoms in total. The minimum absolute atomic E-state index is 0.0650. The topological polar surface area (TPSA) is 99.1 Å². The lowest BCUT2D eigenvalue weighted by molar-refractivity contribution is -0.152. The number of fused-ring (bicyclic) bond motifs is 1. The van der Waals surface area contributed by atoms with Crippen LogP contribution < -0.4 is 0 Å². The highest BCUT2D eigenvalue weighted by molar-refractivity contribution is 5.95. The average molecular weight is 376 g/mol. The van der Waals surface area contributed by atoms with Gasteiger partial charge in [0.05, 0.1) is 18.4 Å². The highest BCUT2D eigenvalue weighted by Gasteiger charge is 2.76. The van der Waals surface area contributed by atoms with Crippen LogP contribution in [0.3, 0.4) is 0 Å². The van der Waals surface area contributed by atoms with E-state index in [1.807, 2.05) is 6.92 Å². The van der Waals surface area contributed by atoms with Crippen LogP contribution in [0.1, 0.15) is 34.1 Å². The molecule has 0 aromatic rings. The number of ketones is 1. The summed E-state index contributed by atoms with van der Waals surface area (Å²) in [5, 5.41) is 10.2. The lowest BCUT2D eigenvalue weighted by Gasteiger charge is -2.34. The number of rotatable bonds is 3. The summed E-state index contributed by atoms with van der Waals surface area (Å²) < 4.78 is 15.7. The van der Waals surface area contributed by atoms with E-state index in [0.29, 0.717) is 17.6 Å². The van der Waals surface area contributed by atoms with Gasteiger partial charge in [-0.2, -0.15) is 0 Å². The van der Waals surface area contributed by atoms with Gasteiger partial charge in [-0.1, -0.05) is 20.8 Å². The number of carbonyl (C=O) groups excluding carboxylic acids is 3. The Labute approximate surface area is 157 Å². The number of ether oxygens (including phenoxy) is 3. The highest BCUT2D eigenvalue weighted by atomic mass is 16.7. The minimum atomic E-state index is -0.973. The summed E-state index contributed by atoms with van der Waals surface area (Å²) in [6.07, 6.45) is 1.42. The number of esters is 2. The third kappa shape index (κ3) is 2.55. The second kappa shape index (κ2) is 5.67. The van der Waals surface area contributed by atoms with Crippen molar-refractivity contribution in [1.82, 2.24) is 0 Å². The van der Waals surface area contributed by atoms with E-state index < -0.39 is 29.7 Å². The summed E-state index contributed by atoms with van der Waals surface area (Å²) in [6.45, 7) is 7.79. The summed E-state index contributed by atoms with van der Waals surface area (Å²) in [5.41, 5.74) is -0.0887. The molecule has 0 aromatic heterocycles. The quantitative estimate of drug-likeness (QED) is 0.453. The molecule has 0 amide bonds. The monoisotopic (exact) mass is 376 g/mol. The van der Waals surface area contributed by atoms with Crippen LogP contribution >= 0.6 is 0 Å². The van der Waals surface area contributed by atoms with Gasteiger partial charge in [0.15, 0.2) is 5.78 Å². The molecule has 1 saturated heterocycles. The van der Waals surface area contributed by atoms with Crippen LogP contribution in [-0.2, 0) is 28.6 Å². The normalized spacial score (nSPS) is 43.9. The van der Waals surface area contributed by atoms with Crippen LogP contribution in [0.4, 0.5) is 0 Å². The van der Waals surface area contributed by atoms with Gasteiger partial charge < -0.3 is 19.3 Å². The minimum Gasteiger partial charge on any atom is -0.462 e. The fraction of sp³-hybridized carbons (Fsp3) is 0.650. The fourth-order valence-electron chi connectivity index (χ4n) is 5.52. The van der Waals surface area contributed by atoms with Crippen molar-refractivity contribution >= 4 is 17.7 Å². The summed E-state index contributed by atoms with van der Waals surface area (Å²) in [7, 11) is 0. The lowest BCUT2D eigenvalue weighted by atomic mass is 9.71. The van der Waals surface area contributed by atoms with Crippen LogP contribution in [0.5, 0.6) is 0 Å². The number of aliphatic hydroxyl groups excluding tert-OH is 1. The highest BCUT2D eigenvalue weighted by Crippen LogP contribution is 2.73. The van der Waals surface area contributed by atoms with Crippen LogP contribution in [0.25, 0.3) is 0 Å². The van der Waals surface area contributed by atoms with Gasteiger partial charge in [0, 0.05) is 23.0 Å². The fourth-order valence-corrected chi connectivity index (χ4v) is 5.52. The third-order valence-corrected chi connectivity index (χ3v) is 6.71. The molecule has 3 fully saturated rings. The second-order valence-electron chi connectivity index (χ2n) is 8.90. The van der Waals surface area contributed by atoms with Gasteiger partial charge in [-0.15, -0.1) is 0 Å². The van der Waals surface area contributed by atoms with E-state index >= 15 is 0 Å². The molecule has 0 radical (unpaired) electrons. The van der Waals surface area contributed by atoms with Gasteiger partial charge in [0.1, 0.15) is 6.10 Å². The van der Waals surface area contributed by atoms with E-state index in [-0.39, 0.29) is 35.6 Å².